The van der Waals surface area contributed by atoms with Crippen molar-refractivity contribution in [1.29, 1.82) is 0 Å². The van der Waals surface area contributed by atoms with Gasteiger partial charge in [0, 0.05) is 19.5 Å². The highest BCUT2D eigenvalue weighted by Gasteiger charge is 2.51. The minimum atomic E-state index is -0.815. The van der Waals surface area contributed by atoms with Crippen LogP contribution in [0.25, 0.3) is 0 Å². The Bertz CT molecular complexity index is 745. The van der Waals surface area contributed by atoms with Crippen LogP contribution in [-0.2, 0) is 20.5 Å². The molecule has 0 aliphatic carbocycles. The van der Waals surface area contributed by atoms with Crippen LogP contribution in [0, 0.1) is 0 Å². The lowest BCUT2D eigenvalue weighted by molar-refractivity contribution is -0.0315. The zero-order valence-electron chi connectivity index (χ0n) is 19.4. The number of piperidine rings is 1. The van der Waals surface area contributed by atoms with Crippen molar-refractivity contribution >= 4 is 18.7 Å². The highest BCUT2D eigenvalue weighted by Crippen LogP contribution is 2.36. The maximum atomic E-state index is 12.2. The lowest BCUT2D eigenvalue weighted by atomic mass is 9.78. The standard InChI is InChI=1S/C23H36BNO5/c1-20(2,3)28-19(26)25-14-12-23(27,13-15-25)16-17-8-10-18(11-9-17)24-29-21(4,5)22(6,7)30-24/h8-11,27H,12-16H2,1-7H3. The molecule has 2 fully saturated rings. The second-order valence-corrected chi connectivity index (χ2v) is 10.7. The molecule has 30 heavy (non-hydrogen) atoms. The summed E-state index contributed by atoms with van der Waals surface area (Å²) >= 11 is 0. The molecule has 0 saturated carbocycles. The summed E-state index contributed by atoms with van der Waals surface area (Å²) in [6.45, 7) is 14.7. The smallest absolute Gasteiger partial charge is 0.444 e. The Balaban J connectivity index is 1.57. The van der Waals surface area contributed by atoms with Crippen LogP contribution in [0.1, 0.15) is 66.9 Å². The van der Waals surface area contributed by atoms with Gasteiger partial charge in [0.1, 0.15) is 5.60 Å². The topological polar surface area (TPSA) is 68.2 Å². The van der Waals surface area contributed by atoms with Gasteiger partial charge in [-0.15, -0.1) is 0 Å². The fraction of sp³-hybridized carbons (Fsp3) is 0.696. The van der Waals surface area contributed by atoms with Crippen LogP contribution >= 0.6 is 0 Å². The molecule has 6 nitrogen and oxygen atoms in total. The fourth-order valence-electron chi connectivity index (χ4n) is 3.76. The third-order valence-corrected chi connectivity index (χ3v) is 6.38. The van der Waals surface area contributed by atoms with Crippen LogP contribution in [-0.4, -0.2) is 58.7 Å². The lowest BCUT2D eigenvalue weighted by Crippen LogP contribution is -2.49. The summed E-state index contributed by atoms with van der Waals surface area (Å²) in [7, 11) is -0.385. The van der Waals surface area contributed by atoms with Crippen molar-refractivity contribution in [3.8, 4) is 0 Å². The van der Waals surface area contributed by atoms with Gasteiger partial charge in [0.2, 0.25) is 0 Å². The summed E-state index contributed by atoms with van der Waals surface area (Å²) in [6, 6.07) is 8.07. The second kappa shape index (κ2) is 7.84. The molecule has 2 saturated heterocycles. The van der Waals surface area contributed by atoms with Gasteiger partial charge >= 0.3 is 13.2 Å². The summed E-state index contributed by atoms with van der Waals surface area (Å²) in [5.41, 5.74) is -0.0254. The van der Waals surface area contributed by atoms with Gasteiger partial charge in [0.15, 0.2) is 0 Å². The maximum Gasteiger partial charge on any atom is 0.494 e. The SMILES string of the molecule is CC(C)(C)OC(=O)N1CCC(O)(Cc2ccc(B3OC(C)(C)C(C)(C)O3)cc2)CC1. The van der Waals surface area contributed by atoms with Crippen molar-refractivity contribution in [2.45, 2.75) is 90.1 Å². The third kappa shape index (κ3) is 5.18. The molecule has 7 heteroatoms. The Hall–Kier alpha value is -1.57. The Morgan fingerprint density at radius 2 is 1.57 bits per heavy atom. The van der Waals surface area contributed by atoms with Crippen LogP contribution in [0.2, 0.25) is 0 Å². The van der Waals surface area contributed by atoms with E-state index in [0.717, 1.165) is 11.0 Å². The van der Waals surface area contributed by atoms with Crippen LogP contribution < -0.4 is 5.46 Å². The molecule has 0 radical (unpaired) electrons. The van der Waals surface area contributed by atoms with Crippen molar-refractivity contribution in [2.75, 3.05) is 13.1 Å². The van der Waals surface area contributed by atoms with E-state index < -0.39 is 11.2 Å². The van der Waals surface area contributed by atoms with Gasteiger partial charge in [-0.2, -0.15) is 0 Å². The minimum Gasteiger partial charge on any atom is -0.444 e. The van der Waals surface area contributed by atoms with E-state index in [1.54, 1.807) is 4.90 Å². The first kappa shape index (κ1) is 23.1. The average molecular weight is 417 g/mol. The van der Waals surface area contributed by atoms with E-state index in [1.807, 2.05) is 72.7 Å². The van der Waals surface area contributed by atoms with Crippen LogP contribution in [0.3, 0.4) is 0 Å². The van der Waals surface area contributed by atoms with Gasteiger partial charge in [-0.25, -0.2) is 4.79 Å². The van der Waals surface area contributed by atoms with E-state index >= 15 is 0 Å². The fourth-order valence-corrected chi connectivity index (χ4v) is 3.76. The first-order valence-electron chi connectivity index (χ1n) is 10.8. The molecule has 0 aromatic heterocycles. The number of likely N-dealkylation sites (tertiary alicyclic amines) is 1. The molecular weight excluding hydrogens is 381 g/mol. The molecule has 0 bridgehead atoms. The molecular formula is C23H36BNO5. The number of carbonyl (C=O) groups is 1. The van der Waals surface area contributed by atoms with Gasteiger partial charge in [-0.3, -0.25) is 0 Å². The molecule has 2 aliphatic heterocycles. The molecule has 1 aromatic rings. The summed E-state index contributed by atoms with van der Waals surface area (Å²) in [5, 5.41) is 11.0. The Morgan fingerprint density at radius 3 is 2.03 bits per heavy atom. The quantitative estimate of drug-likeness (QED) is 0.765. The predicted octanol–water partition coefficient (Wildman–Crippen LogP) is 3.29. The highest BCUT2D eigenvalue weighted by molar-refractivity contribution is 6.62. The maximum absolute atomic E-state index is 12.2. The monoisotopic (exact) mass is 417 g/mol. The first-order chi connectivity index (χ1) is 13.7. The third-order valence-electron chi connectivity index (χ3n) is 6.38. The number of benzene rings is 1. The van der Waals surface area contributed by atoms with E-state index in [4.69, 9.17) is 14.0 Å². The molecule has 2 aliphatic rings. The van der Waals surface area contributed by atoms with E-state index in [0.29, 0.717) is 32.4 Å². The normalized spacial score (nSPS) is 22.8. The van der Waals surface area contributed by atoms with Gasteiger partial charge < -0.3 is 24.1 Å². The van der Waals surface area contributed by atoms with Crippen molar-refractivity contribution in [3.63, 3.8) is 0 Å². The molecule has 166 valence electrons. The van der Waals surface area contributed by atoms with Gasteiger partial charge in [-0.05, 0) is 72.3 Å². The zero-order valence-corrected chi connectivity index (χ0v) is 19.4. The van der Waals surface area contributed by atoms with Crippen LogP contribution in [0.15, 0.2) is 24.3 Å². The number of rotatable bonds is 3. The predicted molar refractivity (Wildman–Crippen MR) is 118 cm³/mol. The Morgan fingerprint density at radius 1 is 1.07 bits per heavy atom. The second-order valence-electron chi connectivity index (χ2n) is 10.7. The number of aliphatic hydroxyl groups is 1. The first-order valence-corrected chi connectivity index (χ1v) is 10.8. The molecule has 3 rings (SSSR count). The molecule has 1 aromatic carbocycles. The number of carbonyl (C=O) groups excluding carboxylic acids is 1. The van der Waals surface area contributed by atoms with E-state index in [9.17, 15) is 9.90 Å². The number of hydrogen-bond donors (Lipinski definition) is 1. The number of hydrogen-bond acceptors (Lipinski definition) is 5. The summed E-state index contributed by atoms with van der Waals surface area (Å²) < 4.78 is 17.7. The van der Waals surface area contributed by atoms with Crippen molar-refractivity contribution in [3.05, 3.63) is 29.8 Å². The summed E-state index contributed by atoms with van der Waals surface area (Å²) in [4.78, 5) is 13.9. The van der Waals surface area contributed by atoms with Crippen LogP contribution in [0.4, 0.5) is 4.79 Å². The van der Waals surface area contributed by atoms with E-state index in [1.165, 1.54) is 0 Å². The van der Waals surface area contributed by atoms with Crippen LogP contribution in [0.5, 0.6) is 0 Å². The minimum absolute atomic E-state index is 0.309. The molecule has 0 atom stereocenters. The molecule has 2 heterocycles. The molecule has 1 N–H and O–H groups in total. The lowest BCUT2D eigenvalue weighted by Gasteiger charge is -2.38. The summed E-state index contributed by atoms with van der Waals surface area (Å²) in [6.07, 6.45) is 1.31. The average Bonchev–Trinajstić information content (AvgIpc) is 2.82. The Kier molecular flexibility index (Phi) is 6.04. The molecule has 0 spiro atoms. The number of ether oxygens (including phenoxy) is 1. The largest absolute Gasteiger partial charge is 0.494 e. The van der Waals surface area contributed by atoms with Crippen molar-refractivity contribution < 1.29 is 23.9 Å². The molecule has 0 unspecified atom stereocenters. The number of nitrogens with zero attached hydrogens (tertiary/aromatic N) is 1. The summed E-state index contributed by atoms with van der Waals surface area (Å²) in [5.74, 6) is 0. The molecule has 1 amide bonds. The van der Waals surface area contributed by atoms with Gasteiger partial charge in [0.05, 0.1) is 16.8 Å². The highest BCUT2D eigenvalue weighted by atomic mass is 16.7. The van der Waals surface area contributed by atoms with Gasteiger partial charge in [-0.1, -0.05) is 24.3 Å². The van der Waals surface area contributed by atoms with E-state index in [-0.39, 0.29) is 24.4 Å². The van der Waals surface area contributed by atoms with Gasteiger partial charge in [0.25, 0.3) is 0 Å². The van der Waals surface area contributed by atoms with Crippen molar-refractivity contribution in [2.24, 2.45) is 0 Å². The van der Waals surface area contributed by atoms with Crippen molar-refractivity contribution in [1.82, 2.24) is 4.90 Å². The zero-order chi connectivity index (χ0) is 22.4. The number of amides is 1. The van der Waals surface area contributed by atoms with E-state index in [2.05, 4.69) is 0 Å². The Labute approximate surface area is 181 Å².